The molecular weight excluding hydrogens is 260 g/mol. The molecule has 15 heavy (non-hydrogen) atoms. The molecule has 0 heterocycles. The van der Waals surface area contributed by atoms with Gasteiger partial charge in [0.15, 0.2) is 0 Å². The third kappa shape index (κ3) is 42.4. The summed E-state index contributed by atoms with van der Waals surface area (Å²) in [5.41, 5.74) is 0. The van der Waals surface area contributed by atoms with Crippen LogP contribution in [0.1, 0.15) is 6.92 Å². The SMILES string of the molecule is CCS(=O)[O-].[C-]#[O+].[C-]#[O+].[Fe+6].[c-]1[c-][c-][cH-][c-]1. The summed E-state index contributed by atoms with van der Waals surface area (Å²) < 4.78 is 33.7. The Hall–Kier alpha value is -0.541. The van der Waals surface area contributed by atoms with Crippen LogP contribution in [-0.4, -0.2) is 14.5 Å². The quantitative estimate of drug-likeness (QED) is 0.319. The molecule has 0 aliphatic rings. The van der Waals surface area contributed by atoms with Crippen LogP contribution in [0.3, 0.4) is 0 Å². The van der Waals surface area contributed by atoms with E-state index in [-0.39, 0.29) is 22.8 Å². The van der Waals surface area contributed by atoms with Crippen LogP contribution in [0.4, 0.5) is 0 Å². The number of hydrogen-bond donors (Lipinski definition) is 0. The van der Waals surface area contributed by atoms with Crippen molar-refractivity contribution in [3.63, 3.8) is 0 Å². The summed E-state index contributed by atoms with van der Waals surface area (Å²) in [6, 6.07) is 12.0. The van der Waals surface area contributed by atoms with Crippen molar-refractivity contribution in [1.29, 1.82) is 0 Å². The predicted octanol–water partition coefficient (Wildman–Crippen LogP) is 0.414. The molecule has 0 saturated carbocycles. The predicted molar refractivity (Wildman–Crippen MR) is 44.7 cm³/mol. The Bertz CT molecular complexity index is 208. The van der Waals surface area contributed by atoms with E-state index in [1.165, 1.54) is 0 Å². The maximum absolute atomic E-state index is 9.37. The Morgan fingerprint density at radius 2 is 1.53 bits per heavy atom. The summed E-state index contributed by atoms with van der Waals surface area (Å²) in [6.45, 7) is 10.6. The molecule has 0 fully saturated rings. The van der Waals surface area contributed by atoms with Gasteiger partial charge in [0, 0.05) is 5.75 Å². The second-order valence-corrected chi connectivity index (χ2v) is 2.46. The van der Waals surface area contributed by atoms with Crippen LogP contribution < -0.4 is 0 Å². The van der Waals surface area contributed by atoms with Crippen molar-refractivity contribution in [3.05, 3.63) is 43.6 Å². The molecule has 0 radical (unpaired) electrons. The van der Waals surface area contributed by atoms with Crippen LogP contribution in [0.25, 0.3) is 0 Å². The fraction of sp³-hybridized carbons (Fsp3) is 0.222. The van der Waals surface area contributed by atoms with Gasteiger partial charge in [-0.15, -0.1) is 0 Å². The number of hydrogen-bond acceptors (Lipinski definition) is 2. The molecule has 1 aromatic rings. The zero-order valence-electron chi connectivity index (χ0n) is 7.68. The van der Waals surface area contributed by atoms with Gasteiger partial charge in [-0.3, -0.25) is 4.21 Å². The van der Waals surface area contributed by atoms with E-state index in [4.69, 9.17) is 9.30 Å². The van der Waals surface area contributed by atoms with Crippen LogP contribution in [0.2, 0.25) is 0 Å². The molecular formula is C9H6FeO4S. The molecule has 0 aliphatic carbocycles. The Kier molecular flexibility index (Phi) is 46.6. The fourth-order valence-electron chi connectivity index (χ4n) is 0.180. The Balaban J connectivity index is -0.0000000580. The van der Waals surface area contributed by atoms with Gasteiger partial charge in [-0.2, -0.15) is 0 Å². The average molecular weight is 266 g/mol. The summed E-state index contributed by atoms with van der Waals surface area (Å²) in [4.78, 5) is 0. The Labute approximate surface area is 103 Å². The van der Waals surface area contributed by atoms with Crippen LogP contribution in [0, 0.1) is 37.6 Å². The molecule has 0 aromatic heterocycles. The van der Waals surface area contributed by atoms with Crippen molar-refractivity contribution >= 4 is 11.1 Å². The molecule has 80 valence electrons. The van der Waals surface area contributed by atoms with Crippen molar-refractivity contribution in [1.82, 2.24) is 0 Å². The molecule has 1 unspecified atom stereocenters. The zero-order valence-corrected chi connectivity index (χ0v) is 9.60. The van der Waals surface area contributed by atoms with Gasteiger partial charge >= 0.3 is 39.7 Å². The van der Waals surface area contributed by atoms with Crippen LogP contribution in [-0.2, 0) is 37.5 Å². The van der Waals surface area contributed by atoms with Gasteiger partial charge in [0.05, 0.1) is 0 Å². The Morgan fingerprint density at radius 1 is 1.27 bits per heavy atom. The topological polar surface area (TPSA) is 79.9 Å². The van der Waals surface area contributed by atoms with E-state index in [9.17, 15) is 8.76 Å². The standard InChI is InChI=1S/C5H.C2H6O2S.2CO.Fe/c1-2-4-5-3-1;1-2-5(3)4;2*1-2;/h1H;2H2,1H3,(H,3,4);;;/q-5;;;;+6/p-1. The van der Waals surface area contributed by atoms with Gasteiger partial charge in [-0.25, -0.2) is 0 Å². The zero-order chi connectivity index (χ0) is 11.8. The third-order valence-corrected chi connectivity index (χ3v) is 1.06. The number of rotatable bonds is 1. The molecule has 1 rings (SSSR count). The first-order valence-corrected chi connectivity index (χ1v) is 4.31. The molecule has 0 saturated heterocycles. The van der Waals surface area contributed by atoms with Crippen LogP contribution in [0.5, 0.6) is 0 Å². The van der Waals surface area contributed by atoms with Crippen molar-refractivity contribution in [2.75, 3.05) is 5.75 Å². The second-order valence-electron chi connectivity index (χ2n) is 1.28. The third-order valence-electron chi connectivity index (χ3n) is 0.587. The van der Waals surface area contributed by atoms with Gasteiger partial charge in [0.25, 0.3) is 0 Å². The largest absolute Gasteiger partial charge is 6.00 e. The minimum Gasteiger partial charge on any atom is -0.999 e. The first-order valence-electron chi connectivity index (χ1n) is 3.06. The summed E-state index contributed by atoms with van der Waals surface area (Å²) in [5, 5.41) is 0. The molecule has 0 bridgehead atoms. The maximum Gasteiger partial charge on any atom is 6.00 e. The molecule has 0 aliphatic heterocycles. The van der Waals surface area contributed by atoms with Gasteiger partial charge in [0.1, 0.15) is 0 Å². The van der Waals surface area contributed by atoms with E-state index >= 15 is 0 Å². The molecule has 4 nitrogen and oxygen atoms in total. The van der Waals surface area contributed by atoms with Crippen LogP contribution >= 0.6 is 0 Å². The minimum atomic E-state index is -1.82. The van der Waals surface area contributed by atoms with Crippen molar-refractivity contribution in [3.8, 4) is 0 Å². The molecule has 0 amide bonds. The van der Waals surface area contributed by atoms with Gasteiger partial charge in [0.2, 0.25) is 0 Å². The van der Waals surface area contributed by atoms with Crippen LogP contribution in [0.15, 0.2) is 6.07 Å². The van der Waals surface area contributed by atoms with E-state index in [2.05, 4.69) is 37.6 Å². The minimum absolute atomic E-state index is 0. The molecule has 6 heteroatoms. The molecule has 0 spiro atoms. The van der Waals surface area contributed by atoms with Crippen molar-refractivity contribution < 1.29 is 35.1 Å². The normalized spacial score (nSPS) is 7.87. The average Bonchev–Trinajstić information content (AvgIpc) is 2.82. The molecule has 0 N–H and O–H groups in total. The summed E-state index contributed by atoms with van der Waals surface area (Å²) in [5.74, 6) is 0.222. The van der Waals surface area contributed by atoms with Gasteiger partial charge < -0.3 is 34.9 Å². The monoisotopic (exact) mass is 266 g/mol. The maximum atomic E-state index is 9.37. The second kappa shape index (κ2) is 29.2. The van der Waals surface area contributed by atoms with E-state index in [0.717, 1.165) is 0 Å². The van der Waals surface area contributed by atoms with Gasteiger partial charge in [-0.05, 0) is 0 Å². The first-order chi connectivity index (χ1) is 6.77. The molecule has 1 aromatic carbocycles. The van der Waals surface area contributed by atoms with Gasteiger partial charge in [-0.1, -0.05) is 18.0 Å². The fourth-order valence-corrected chi connectivity index (χ4v) is 0.180. The smallest absolute Gasteiger partial charge is 0.999 e. The summed E-state index contributed by atoms with van der Waals surface area (Å²) in [7, 11) is 0. The van der Waals surface area contributed by atoms with Crippen molar-refractivity contribution in [2.24, 2.45) is 0 Å². The van der Waals surface area contributed by atoms with E-state index in [1.807, 2.05) is 0 Å². The Morgan fingerprint density at radius 3 is 1.60 bits per heavy atom. The van der Waals surface area contributed by atoms with E-state index in [1.54, 1.807) is 13.0 Å². The molecule has 1 atom stereocenters. The van der Waals surface area contributed by atoms with Crippen molar-refractivity contribution in [2.45, 2.75) is 6.92 Å². The van der Waals surface area contributed by atoms with E-state index < -0.39 is 11.1 Å². The van der Waals surface area contributed by atoms with E-state index in [0.29, 0.717) is 0 Å². The summed E-state index contributed by atoms with van der Waals surface area (Å²) >= 11 is -1.82. The summed E-state index contributed by atoms with van der Waals surface area (Å²) in [6.07, 6.45) is 0. The first kappa shape index (κ1) is 23.9.